The summed E-state index contributed by atoms with van der Waals surface area (Å²) in [6.07, 6.45) is 0. The number of nitriles is 1. The Balaban J connectivity index is 2.22. The molecule has 0 aliphatic heterocycles. The van der Waals surface area contributed by atoms with E-state index < -0.39 is 10.8 Å². The highest BCUT2D eigenvalue weighted by Crippen LogP contribution is 2.47. The van der Waals surface area contributed by atoms with Crippen LogP contribution < -0.4 is 0 Å². The largest absolute Gasteiger partial charge is 0.510 e. The van der Waals surface area contributed by atoms with Gasteiger partial charge in [0.25, 0.3) is 0 Å². The number of ketones is 2. The van der Waals surface area contributed by atoms with E-state index in [1.807, 2.05) is 37.3 Å². The van der Waals surface area contributed by atoms with Crippen molar-refractivity contribution in [2.45, 2.75) is 34.6 Å². The fraction of sp³-hybridized carbons (Fsp3) is 0.292. The number of allylic oxidation sites excluding steroid dienone is 2. The second-order valence-electron chi connectivity index (χ2n) is 8.35. The highest BCUT2D eigenvalue weighted by Gasteiger charge is 2.53. The van der Waals surface area contributed by atoms with Crippen LogP contribution in [-0.4, -0.2) is 16.7 Å². The van der Waals surface area contributed by atoms with Crippen molar-refractivity contribution in [1.29, 1.82) is 5.26 Å². The fourth-order valence-electron chi connectivity index (χ4n) is 3.78. The number of carbonyl (C=O) groups excluding carboxylic acids is 2. The van der Waals surface area contributed by atoms with Gasteiger partial charge in [0, 0.05) is 0 Å². The summed E-state index contributed by atoms with van der Waals surface area (Å²) in [6, 6.07) is 15.0. The number of Topliss-reactive ketones (excluding diaryl/α,β-unsaturated/α-hetero) is 2. The van der Waals surface area contributed by atoms with Gasteiger partial charge in [-0.3, -0.25) is 9.59 Å². The van der Waals surface area contributed by atoms with Crippen LogP contribution in [0.1, 0.15) is 44.4 Å². The number of benzene rings is 2. The van der Waals surface area contributed by atoms with Crippen molar-refractivity contribution in [3.8, 4) is 17.2 Å². The summed E-state index contributed by atoms with van der Waals surface area (Å²) in [5.41, 5.74) is 1.67. The first kappa shape index (κ1) is 19.6. The molecule has 0 spiro atoms. The van der Waals surface area contributed by atoms with Crippen molar-refractivity contribution < 1.29 is 14.7 Å². The van der Waals surface area contributed by atoms with Crippen LogP contribution in [0, 0.1) is 29.1 Å². The molecule has 28 heavy (non-hydrogen) atoms. The summed E-state index contributed by atoms with van der Waals surface area (Å²) in [7, 11) is 0. The molecule has 142 valence electrons. The highest BCUT2D eigenvalue weighted by atomic mass is 16.3. The number of hydrogen-bond donors (Lipinski definition) is 1. The number of aliphatic hydroxyl groups is 1. The summed E-state index contributed by atoms with van der Waals surface area (Å²) in [4.78, 5) is 25.9. The van der Waals surface area contributed by atoms with Crippen LogP contribution in [0.15, 0.2) is 48.2 Å². The maximum atomic E-state index is 13.2. The molecule has 0 radical (unpaired) electrons. The Hall–Kier alpha value is -3.19. The second kappa shape index (κ2) is 6.45. The average Bonchev–Trinajstić information content (AvgIpc) is 2.67. The molecule has 4 nitrogen and oxygen atoms in total. The molecule has 3 rings (SSSR count). The predicted molar refractivity (Wildman–Crippen MR) is 108 cm³/mol. The van der Waals surface area contributed by atoms with Gasteiger partial charge in [0.2, 0.25) is 0 Å². The first-order valence-electron chi connectivity index (χ1n) is 9.16. The number of carbonyl (C=O) groups is 2. The van der Waals surface area contributed by atoms with Crippen LogP contribution in [0.4, 0.5) is 0 Å². The smallest absolute Gasteiger partial charge is 0.179 e. The van der Waals surface area contributed by atoms with E-state index in [1.165, 1.54) is 0 Å². The Bertz CT molecular complexity index is 1060. The topological polar surface area (TPSA) is 78.2 Å². The molecule has 0 saturated heterocycles. The average molecular weight is 373 g/mol. The summed E-state index contributed by atoms with van der Waals surface area (Å²) in [5.74, 6) is -0.830. The molecule has 0 aromatic heterocycles. The quantitative estimate of drug-likeness (QED) is 0.751. The van der Waals surface area contributed by atoms with Gasteiger partial charge in [0.15, 0.2) is 11.6 Å². The predicted octanol–water partition coefficient (Wildman–Crippen LogP) is 5.01. The molecule has 0 saturated carbocycles. The number of aliphatic hydroxyl groups excluding tert-OH is 1. The van der Waals surface area contributed by atoms with Gasteiger partial charge < -0.3 is 5.11 Å². The third-order valence-corrected chi connectivity index (χ3v) is 5.61. The van der Waals surface area contributed by atoms with Gasteiger partial charge in [-0.25, -0.2) is 0 Å². The van der Waals surface area contributed by atoms with Gasteiger partial charge >= 0.3 is 0 Å². The van der Waals surface area contributed by atoms with Crippen molar-refractivity contribution in [3.63, 3.8) is 0 Å². The molecule has 0 fully saturated rings. The Kier molecular flexibility index (Phi) is 4.51. The summed E-state index contributed by atoms with van der Waals surface area (Å²) >= 11 is 0. The van der Waals surface area contributed by atoms with Crippen molar-refractivity contribution in [1.82, 2.24) is 0 Å². The Morgan fingerprint density at radius 1 is 0.893 bits per heavy atom. The summed E-state index contributed by atoms with van der Waals surface area (Å²) in [5, 5.41) is 19.9. The summed E-state index contributed by atoms with van der Waals surface area (Å²) in [6.45, 7) is 8.41. The molecule has 1 N–H and O–H groups in total. The third kappa shape index (κ3) is 2.84. The fourth-order valence-corrected chi connectivity index (χ4v) is 3.78. The monoisotopic (exact) mass is 373 g/mol. The van der Waals surface area contributed by atoms with E-state index in [-0.39, 0.29) is 22.9 Å². The van der Waals surface area contributed by atoms with E-state index in [2.05, 4.69) is 6.07 Å². The lowest BCUT2D eigenvalue weighted by atomic mass is 9.62. The molecule has 4 heteroatoms. The van der Waals surface area contributed by atoms with Crippen molar-refractivity contribution in [2.24, 2.45) is 10.8 Å². The molecule has 2 aromatic carbocycles. The van der Waals surface area contributed by atoms with Crippen molar-refractivity contribution in [3.05, 3.63) is 64.9 Å². The van der Waals surface area contributed by atoms with E-state index in [1.54, 1.807) is 39.8 Å². The van der Waals surface area contributed by atoms with E-state index in [9.17, 15) is 14.7 Å². The standard InChI is InChI=1S/C24H23NO3/c1-14-6-9-17(16-10-7-15(13-25)8-11-16)12-18(14)19-20(26)23(2,3)22(28)24(4,5)21(19)27/h6-12,26H,1-5H3. The minimum absolute atomic E-state index is 0.179. The lowest BCUT2D eigenvalue weighted by Crippen LogP contribution is -2.48. The number of nitrogens with zero attached hydrogens (tertiary/aromatic N) is 1. The van der Waals surface area contributed by atoms with Crippen LogP contribution in [0.25, 0.3) is 16.7 Å². The molecular formula is C24H23NO3. The van der Waals surface area contributed by atoms with Crippen molar-refractivity contribution >= 4 is 17.1 Å². The number of rotatable bonds is 2. The third-order valence-electron chi connectivity index (χ3n) is 5.61. The maximum Gasteiger partial charge on any atom is 0.179 e. The van der Waals surface area contributed by atoms with Gasteiger partial charge in [-0.05, 0) is 75.1 Å². The van der Waals surface area contributed by atoms with Crippen LogP contribution >= 0.6 is 0 Å². The van der Waals surface area contributed by atoms with Gasteiger partial charge in [-0.15, -0.1) is 0 Å². The van der Waals surface area contributed by atoms with Gasteiger partial charge in [-0.1, -0.05) is 24.3 Å². The minimum Gasteiger partial charge on any atom is -0.510 e. The van der Waals surface area contributed by atoms with E-state index in [0.717, 1.165) is 16.7 Å². The highest BCUT2D eigenvalue weighted by molar-refractivity contribution is 6.34. The molecule has 0 heterocycles. The zero-order chi connectivity index (χ0) is 20.9. The molecule has 0 atom stereocenters. The number of hydrogen-bond acceptors (Lipinski definition) is 4. The van der Waals surface area contributed by atoms with E-state index in [0.29, 0.717) is 11.1 Å². The van der Waals surface area contributed by atoms with E-state index >= 15 is 0 Å². The Labute approximate surface area is 165 Å². The zero-order valence-electron chi connectivity index (χ0n) is 16.8. The molecule has 2 aromatic rings. The van der Waals surface area contributed by atoms with Crippen LogP contribution in [-0.2, 0) is 9.59 Å². The lowest BCUT2D eigenvalue weighted by molar-refractivity contribution is -0.143. The molecule has 1 aliphatic carbocycles. The lowest BCUT2D eigenvalue weighted by Gasteiger charge is -2.38. The Morgan fingerprint density at radius 2 is 1.46 bits per heavy atom. The molecular weight excluding hydrogens is 350 g/mol. The molecule has 1 aliphatic rings. The zero-order valence-corrected chi connectivity index (χ0v) is 16.8. The molecule has 0 bridgehead atoms. The first-order valence-corrected chi connectivity index (χ1v) is 9.16. The van der Waals surface area contributed by atoms with Gasteiger partial charge in [0.1, 0.15) is 5.76 Å². The summed E-state index contributed by atoms with van der Waals surface area (Å²) < 4.78 is 0. The normalized spacial score (nSPS) is 18.1. The van der Waals surface area contributed by atoms with E-state index in [4.69, 9.17) is 5.26 Å². The van der Waals surface area contributed by atoms with Crippen LogP contribution in [0.3, 0.4) is 0 Å². The van der Waals surface area contributed by atoms with Crippen LogP contribution in [0.2, 0.25) is 0 Å². The molecule has 0 unspecified atom stereocenters. The van der Waals surface area contributed by atoms with Crippen molar-refractivity contribution in [2.75, 3.05) is 0 Å². The van der Waals surface area contributed by atoms with Gasteiger partial charge in [-0.2, -0.15) is 5.26 Å². The second-order valence-corrected chi connectivity index (χ2v) is 8.35. The van der Waals surface area contributed by atoms with Gasteiger partial charge in [0.05, 0.1) is 28.0 Å². The minimum atomic E-state index is -1.21. The SMILES string of the molecule is Cc1ccc(-c2ccc(C#N)cc2)cc1C1=C(O)C(C)(C)C(=O)C(C)(C)C1=O. The Morgan fingerprint density at radius 3 is 2.04 bits per heavy atom. The number of aryl methyl sites for hydroxylation is 1. The van der Waals surface area contributed by atoms with Crippen LogP contribution in [0.5, 0.6) is 0 Å². The first-order chi connectivity index (χ1) is 13.0. The molecule has 0 amide bonds. The maximum absolute atomic E-state index is 13.2.